The number of carbonyl (C=O) groups is 3. The minimum absolute atomic E-state index is 0.0750. The molecule has 0 unspecified atom stereocenters. The van der Waals surface area contributed by atoms with Crippen molar-refractivity contribution in [2.24, 2.45) is 5.92 Å². The second-order valence-corrected chi connectivity index (χ2v) is 12.8. The van der Waals surface area contributed by atoms with Crippen LogP contribution in [-0.4, -0.2) is 27.5 Å². The van der Waals surface area contributed by atoms with Gasteiger partial charge in [0.05, 0.1) is 22.2 Å². The molecule has 2 aliphatic heterocycles. The lowest BCUT2D eigenvalue weighted by Gasteiger charge is -2.30. The third kappa shape index (κ3) is 5.39. The highest BCUT2D eigenvalue weighted by atomic mass is 35.5. The van der Waals surface area contributed by atoms with Gasteiger partial charge in [0.15, 0.2) is 0 Å². The molecule has 43 heavy (non-hydrogen) atoms. The van der Waals surface area contributed by atoms with Crippen molar-refractivity contribution in [3.63, 3.8) is 0 Å². The maximum Gasteiger partial charge on any atom is 0.416 e. The molecule has 3 atom stereocenters. The van der Waals surface area contributed by atoms with E-state index in [1.54, 1.807) is 48.5 Å². The zero-order valence-electron chi connectivity index (χ0n) is 22.2. The summed E-state index contributed by atoms with van der Waals surface area (Å²) in [6.07, 6.45) is -4.59. The fourth-order valence-electron chi connectivity index (χ4n) is 5.35. The number of nitrogens with zero attached hydrogens (tertiary/aromatic N) is 2. The number of hydrogen-bond acceptors (Lipinski definition) is 6. The lowest BCUT2D eigenvalue weighted by molar-refractivity contribution is -0.137. The summed E-state index contributed by atoms with van der Waals surface area (Å²) in [4.78, 5) is 55.1. The van der Waals surface area contributed by atoms with Gasteiger partial charge in [0.25, 0.3) is 0 Å². The molecule has 0 aliphatic carbocycles. The van der Waals surface area contributed by atoms with Crippen LogP contribution in [0.3, 0.4) is 0 Å². The number of aryl methyl sites for hydroxylation is 1. The number of amides is 3. The Morgan fingerprint density at radius 2 is 1.67 bits per heavy atom. The molecule has 3 aromatic carbocycles. The first-order chi connectivity index (χ1) is 20.4. The van der Waals surface area contributed by atoms with Gasteiger partial charge in [-0.2, -0.15) is 13.2 Å². The summed E-state index contributed by atoms with van der Waals surface area (Å²) < 4.78 is 40.7. The molecule has 3 heterocycles. The largest absolute Gasteiger partial charge is 0.416 e. The first-order valence-corrected chi connectivity index (χ1v) is 15.1. The molecule has 3 amide bonds. The SMILES string of the molecule is Cc1ccc(N2C(=O)[C@@H]3[C@H](c4ccc(Cl)cc4)c4sc(=O)n(CC(=O)Nc5cccc(C(F)(F)F)c5)c4S[C@@H]3C2=O)cc1. The van der Waals surface area contributed by atoms with Crippen LogP contribution in [0.25, 0.3) is 0 Å². The van der Waals surface area contributed by atoms with Crippen LogP contribution in [0.15, 0.2) is 82.6 Å². The van der Waals surface area contributed by atoms with Crippen LogP contribution in [0.4, 0.5) is 24.5 Å². The number of halogens is 4. The topological polar surface area (TPSA) is 88.5 Å². The normalized spacial score (nSPS) is 19.7. The number of alkyl halides is 3. The summed E-state index contributed by atoms with van der Waals surface area (Å²) >= 11 is 8.05. The molecule has 0 spiro atoms. The zero-order chi connectivity index (χ0) is 30.6. The Kier molecular flexibility index (Phi) is 7.47. The van der Waals surface area contributed by atoms with Crippen LogP contribution < -0.4 is 15.1 Å². The van der Waals surface area contributed by atoms with Gasteiger partial charge in [-0.25, -0.2) is 4.90 Å². The van der Waals surface area contributed by atoms with Crippen LogP contribution in [0, 0.1) is 12.8 Å². The summed E-state index contributed by atoms with van der Waals surface area (Å²) in [5.74, 6) is -3.05. The summed E-state index contributed by atoms with van der Waals surface area (Å²) in [5, 5.41) is 2.38. The van der Waals surface area contributed by atoms with Gasteiger partial charge in [-0.1, -0.05) is 70.6 Å². The predicted molar refractivity (Wildman–Crippen MR) is 159 cm³/mol. The minimum Gasteiger partial charge on any atom is -0.325 e. The van der Waals surface area contributed by atoms with Crippen molar-refractivity contribution >= 4 is 63.8 Å². The quantitative estimate of drug-likeness (QED) is 0.257. The van der Waals surface area contributed by atoms with Crippen LogP contribution in [0.5, 0.6) is 0 Å². The van der Waals surface area contributed by atoms with Gasteiger partial charge < -0.3 is 5.32 Å². The maximum atomic E-state index is 13.9. The molecule has 0 saturated carbocycles. The van der Waals surface area contributed by atoms with Crippen molar-refractivity contribution in [3.05, 3.63) is 109 Å². The molecule has 7 nitrogen and oxygen atoms in total. The monoisotopic (exact) mass is 643 g/mol. The Bertz CT molecular complexity index is 1820. The first kappa shape index (κ1) is 29.2. The highest BCUT2D eigenvalue weighted by Crippen LogP contribution is 2.54. The predicted octanol–water partition coefficient (Wildman–Crippen LogP) is 6.32. The second-order valence-electron chi connectivity index (χ2n) is 10.2. The Morgan fingerprint density at radius 1 is 0.977 bits per heavy atom. The molecule has 4 aromatic rings. The van der Waals surface area contributed by atoms with E-state index in [-0.39, 0.29) is 5.69 Å². The van der Waals surface area contributed by atoms with E-state index >= 15 is 0 Å². The van der Waals surface area contributed by atoms with Crippen molar-refractivity contribution in [1.82, 2.24) is 4.57 Å². The number of benzene rings is 3. The van der Waals surface area contributed by atoms with Gasteiger partial charge in [-0.3, -0.25) is 23.7 Å². The van der Waals surface area contributed by atoms with Gasteiger partial charge in [0.1, 0.15) is 11.8 Å². The van der Waals surface area contributed by atoms with E-state index in [1.807, 2.05) is 6.92 Å². The number of fused-ring (bicyclic) bond motifs is 2. The van der Waals surface area contributed by atoms with E-state index in [0.717, 1.165) is 40.8 Å². The summed E-state index contributed by atoms with van der Waals surface area (Å²) in [6.45, 7) is 1.40. The number of imide groups is 1. The van der Waals surface area contributed by atoms with Gasteiger partial charge in [-0.05, 0) is 55.0 Å². The molecular formula is C30H21ClF3N3O4S2. The van der Waals surface area contributed by atoms with E-state index in [9.17, 15) is 32.3 Å². The summed E-state index contributed by atoms with van der Waals surface area (Å²) in [7, 11) is 0. The van der Waals surface area contributed by atoms with Crippen molar-refractivity contribution in [3.8, 4) is 0 Å². The third-order valence-corrected chi connectivity index (χ3v) is 10.2. The minimum atomic E-state index is -4.59. The molecule has 1 fully saturated rings. The molecule has 1 aromatic heterocycles. The van der Waals surface area contributed by atoms with Gasteiger partial charge in [0, 0.05) is 21.5 Å². The summed E-state index contributed by atoms with van der Waals surface area (Å²) in [5.41, 5.74) is 1.07. The Morgan fingerprint density at radius 3 is 2.35 bits per heavy atom. The average Bonchev–Trinajstić information content (AvgIpc) is 3.40. The number of rotatable bonds is 5. The van der Waals surface area contributed by atoms with Gasteiger partial charge in [-0.15, -0.1) is 0 Å². The van der Waals surface area contributed by atoms with Crippen LogP contribution >= 0.6 is 34.7 Å². The summed E-state index contributed by atoms with van der Waals surface area (Å²) in [6, 6.07) is 18.0. The third-order valence-electron chi connectivity index (χ3n) is 7.35. The van der Waals surface area contributed by atoms with Crippen molar-refractivity contribution in [2.75, 3.05) is 10.2 Å². The van der Waals surface area contributed by atoms with Gasteiger partial charge >= 0.3 is 11.0 Å². The fraction of sp³-hybridized carbons (Fsp3) is 0.200. The van der Waals surface area contributed by atoms with Crippen molar-refractivity contribution in [1.29, 1.82) is 0 Å². The fourth-order valence-corrected chi connectivity index (χ4v) is 8.25. The van der Waals surface area contributed by atoms with Crippen molar-refractivity contribution in [2.45, 2.75) is 35.8 Å². The molecular weight excluding hydrogens is 623 g/mol. The molecule has 1 saturated heterocycles. The van der Waals surface area contributed by atoms with E-state index in [1.165, 1.54) is 21.6 Å². The lowest BCUT2D eigenvalue weighted by Crippen LogP contribution is -2.33. The number of anilines is 2. The van der Waals surface area contributed by atoms with Crippen LogP contribution in [0.1, 0.15) is 27.5 Å². The van der Waals surface area contributed by atoms with E-state index in [4.69, 9.17) is 11.6 Å². The maximum absolute atomic E-state index is 13.9. The Labute approximate surface area is 256 Å². The van der Waals surface area contributed by atoms with E-state index in [2.05, 4.69) is 5.32 Å². The molecule has 2 aliphatic rings. The van der Waals surface area contributed by atoms with E-state index in [0.29, 0.717) is 26.2 Å². The molecule has 0 radical (unpaired) electrons. The first-order valence-electron chi connectivity index (χ1n) is 13.0. The Hall–Kier alpha value is -3.87. The molecule has 220 valence electrons. The smallest absolute Gasteiger partial charge is 0.325 e. The number of aromatic nitrogens is 1. The second kappa shape index (κ2) is 11.0. The Balaban J connectivity index is 1.37. The van der Waals surface area contributed by atoms with Crippen molar-refractivity contribution < 1.29 is 27.6 Å². The number of thiazole rings is 1. The number of nitrogens with one attached hydrogen (secondary N) is 1. The number of carbonyl (C=O) groups excluding carboxylic acids is 3. The average molecular weight is 644 g/mol. The van der Waals surface area contributed by atoms with E-state index < -0.39 is 58.0 Å². The lowest BCUT2D eigenvalue weighted by atomic mass is 9.83. The number of thioether (sulfide) groups is 1. The van der Waals surface area contributed by atoms with Crippen LogP contribution in [-0.2, 0) is 27.1 Å². The highest BCUT2D eigenvalue weighted by Gasteiger charge is 2.56. The molecule has 0 bridgehead atoms. The highest BCUT2D eigenvalue weighted by molar-refractivity contribution is 8.00. The van der Waals surface area contributed by atoms with Crippen LogP contribution in [0.2, 0.25) is 5.02 Å². The molecule has 13 heteroatoms. The standard InChI is InChI=1S/C30H21ClF3N3O4S2/c1-15-5-11-20(12-6-15)37-26(39)23-22(16-7-9-18(31)10-8-16)25-28(42-24(23)27(37)40)36(29(41)43-25)14-21(38)35-19-4-2-3-17(13-19)30(32,33)34/h2-13,22-24H,14H2,1H3,(H,35,38)/t22-,23+,24-/m0/s1. The zero-order valence-corrected chi connectivity index (χ0v) is 24.6. The molecule has 6 rings (SSSR count). The molecule has 1 N–H and O–H groups in total. The van der Waals surface area contributed by atoms with Gasteiger partial charge in [0.2, 0.25) is 17.7 Å². The number of hydrogen-bond donors (Lipinski definition) is 1.